The minimum Gasteiger partial charge on any atom is -0.497 e. The summed E-state index contributed by atoms with van der Waals surface area (Å²) in [5, 5.41) is 4.17. The van der Waals surface area contributed by atoms with Gasteiger partial charge in [0.05, 0.1) is 12.1 Å². The largest absolute Gasteiger partial charge is 0.497 e. The standard InChI is InChI=1S/C17H20ClNOS/c1-12(2)19-11-13-7-8-17(16(18)9-13)21-15-6-4-5-14(10-15)20-3/h4-10,12,19H,11H2,1-3H3. The molecule has 0 aliphatic rings. The molecule has 0 heterocycles. The molecule has 4 heteroatoms. The number of hydrogen-bond donors (Lipinski definition) is 1. The topological polar surface area (TPSA) is 21.3 Å². The highest BCUT2D eigenvalue weighted by Gasteiger charge is 2.05. The molecule has 112 valence electrons. The molecule has 0 spiro atoms. The number of nitrogens with one attached hydrogen (secondary N) is 1. The summed E-state index contributed by atoms with van der Waals surface area (Å²) in [6, 6.07) is 14.7. The molecule has 0 saturated heterocycles. The van der Waals surface area contributed by atoms with Crippen molar-refractivity contribution in [3.8, 4) is 5.75 Å². The third kappa shape index (κ3) is 4.95. The summed E-state index contributed by atoms with van der Waals surface area (Å²) in [6.07, 6.45) is 0. The molecular weight excluding hydrogens is 302 g/mol. The maximum atomic E-state index is 6.39. The minimum atomic E-state index is 0.467. The van der Waals surface area contributed by atoms with E-state index in [0.29, 0.717) is 6.04 Å². The van der Waals surface area contributed by atoms with E-state index in [1.54, 1.807) is 18.9 Å². The zero-order valence-electron chi connectivity index (χ0n) is 12.5. The first kappa shape index (κ1) is 16.2. The molecule has 0 bridgehead atoms. The van der Waals surface area contributed by atoms with Crippen LogP contribution in [0, 0.1) is 0 Å². The lowest BCUT2D eigenvalue weighted by Crippen LogP contribution is -2.21. The molecule has 0 fully saturated rings. The van der Waals surface area contributed by atoms with Crippen molar-refractivity contribution in [3.63, 3.8) is 0 Å². The van der Waals surface area contributed by atoms with E-state index >= 15 is 0 Å². The summed E-state index contributed by atoms with van der Waals surface area (Å²) >= 11 is 8.03. The molecular formula is C17H20ClNOS. The number of methoxy groups -OCH3 is 1. The molecule has 0 unspecified atom stereocenters. The van der Waals surface area contributed by atoms with Crippen molar-refractivity contribution >= 4 is 23.4 Å². The van der Waals surface area contributed by atoms with Crippen molar-refractivity contribution in [1.82, 2.24) is 5.32 Å². The normalized spacial score (nSPS) is 10.9. The number of halogens is 1. The molecule has 2 nitrogen and oxygen atoms in total. The SMILES string of the molecule is COc1cccc(Sc2ccc(CNC(C)C)cc2Cl)c1. The van der Waals surface area contributed by atoms with Crippen LogP contribution < -0.4 is 10.1 Å². The van der Waals surface area contributed by atoms with Crippen LogP contribution in [0.2, 0.25) is 5.02 Å². The van der Waals surface area contributed by atoms with Crippen LogP contribution in [0.15, 0.2) is 52.3 Å². The number of benzene rings is 2. The van der Waals surface area contributed by atoms with Gasteiger partial charge in [0.2, 0.25) is 0 Å². The van der Waals surface area contributed by atoms with E-state index in [-0.39, 0.29) is 0 Å². The minimum absolute atomic E-state index is 0.467. The fourth-order valence-electron chi connectivity index (χ4n) is 1.85. The van der Waals surface area contributed by atoms with Crippen LogP contribution in [-0.2, 0) is 6.54 Å². The third-order valence-electron chi connectivity index (χ3n) is 2.98. The van der Waals surface area contributed by atoms with Gasteiger partial charge in [0.15, 0.2) is 0 Å². The quantitative estimate of drug-likeness (QED) is 0.809. The Balaban J connectivity index is 2.09. The Morgan fingerprint density at radius 2 is 2.00 bits per heavy atom. The Kier molecular flexibility index (Phi) is 5.97. The zero-order chi connectivity index (χ0) is 15.2. The molecule has 0 radical (unpaired) electrons. The van der Waals surface area contributed by atoms with Gasteiger partial charge in [-0.1, -0.05) is 49.3 Å². The second-order valence-corrected chi connectivity index (χ2v) is 6.60. The fourth-order valence-corrected chi connectivity index (χ4v) is 3.04. The Bertz CT molecular complexity index is 601. The van der Waals surface area contributed by atoms with Gasteiger partial charge in [0, 0.05) is 22.4 Å². The van der Waals surface area contributed by atoms with Crippen molar-refractivity contribution < 1.29 is 4.74 Å². The predicted molar refractivity (Wildman–Crippen MR) is 90.5 cm³/mol. The van der Waals surface area contributed by atoms with Crippen molar-refractivity contribution in [1.29, 1.82) is 0 Å². The average molecular weight is 322 g/mol. The van der Waals surface area contributed by atoms with Crippen molar-refractivity contribution in [3.05, 3.63) is 53.1 Å². The van der Waals surface area contributed by atoms with E-state index in [1.165, 1.54) is 5.56 Å². The van der Waals surface area contributed by atoms with Gasteiger partial charge in [-0.2, -0.15) is 0 Å². The molecule has 21 heavy (non-hydrogen) atoms. The molecule has 0 amide bonds. The van der Waals surface area contributed by atoms with Crippen LogP contribution in [0.25, 0.3) is 0 Å². The van der Waals surface area contributed by atoms with Gasteiger partial charge < -0.3 is 10.1 Å². The molecule has 0 saturated carbocycles. The van der Waals surface area contributed by atoms with Gasteiger partial charge in [0.25, 0.3) is 0 Å². The molecule has 0 aliphatic carbocycles. The van der Waals surface area contributed by atoms with Gasteiger partial charge in [-0.05, 0) is 35.9 Å². The van der Waals surface area contributed by atoms with E-state index in [9.17, 15) is 0 Å². The second-order valence-electron chi connectivity index (χ2n) is 5.08. The van der Waals surface area contributed by atoms with Crippen LogP contribution in [-0.4, -0.2) is 13.2 Å². The van der Waals surface area contributed by atoms with Crippen molar-refractivity contribution in [2.45, 2.75) is 36.2 Å². The lowest BCUT2D eigenvalue weighted by molar-refractivity contribution is 0.413. The third-order valence-corrected chi connectivity index (χ3v) is 4.47. The average Bonchev–Trinajstić information content (AvgIpc) is 2.48. The van der Waals surface area contributed by atoms with Gasteiger partial charge in [-0.3, -0.25) is 0 Å². The second kappa shape index (κ2) is 7.74. The lowest BCUT2D eigenvalue weighted by Gasteiger charge is -2.10. The van der Waals surface area contributed by atoms with E-state index in [4.69, 9.17) is 16.3 Å². The molecule has 1 N–H and O–H groups in total. The van der Waals surface area contributed by atoms with Crippen LogP contribution in [0.5, 0.6) is 5.75 Å². The number of rotatable bonds is 6. The van der Waals surface area contributed by atoms with Crippen LogP contribution >= 0.6 is 23.4 Å². The Morgan fingerprint density at radius 1 is 1.19 bits per heavy atom. The monoisotopic (exact) mass is 321 g/mol. The summed E-state index contributed by atoms with van der Waals surface area (Å²) in [5.41, 5.74) is 1.20. The summed E-state index contributed by atoms with van der Waals surface area (Å²) in [6.45, 7) is 5.10. The highest BCUT2D eigenvalue weighted by atomic mass is 35.5. The van der Waals surface area contributed by atoms with Crippen LogP contribution in [0.3, 0.4) is 0 Å². The van der Waals surface area contributed by atoms with E-state index in [1.807, 2.05) is 24.3 Å². The Labute approximate surface area is 135 Å². The Morgan fingerprint density at radius 3 is 2.67 bits per heavy atom. The smallest absolute Gasteiger partial charge is 0.119 e. The van der Waals surface area contributed by atoms with Crippen LogP contribution in [0.1, 0.15) is 19.4 Å². The van der Waals surface area contributed by atoms with E-state index in [0.717, 1.165) is 27.1 Å². The van der Waals surface area contributed by atoms with Gasteiger partial charge in [0.1, 0.15) is 5.75 Å². The van der Waals surface area contributed by atoms with E-state index in [2.05, 4.69) is 37.4 Å². The Hall–Kier alpha value is -1.16. The first-order valence-corrected chi connectivity index (χ1v) is 8.11. The van der Waals surface area contributed by atoms with Gasteiger partial charge >= 0.3 is 0 Å². The fraction of sp³-hybridized carbons (Fsp3) is 0.294. The predicted octanol–water partition coefficient (Wildman–Crippen LogP) is 5.00. The highest BCUT2D eigenvalue weighted by Crippen LogP contribution is 2.35. The first-order chi connectivity index (χ1) is 10.1. The number of ether oxygens (including phenoxy) is 1. The lowest BCUT2D eigenvalue weighted by atomic mass is 10.2. The van der Waals surface area contributed by atoms with E-state index < -0.39 is 0 Å². The van der Waals surface area contributed by atoms with Gasteiger partial charge in [-0.15, -0.1) is 0 Å². The number of hydrogen-bond acceptors (Lipinski definition) is 3. The molecule has 2 rings (SSSR count). The molecule has 2 aromatic rings. The zero-order valence-corrected chi connectivity index (χ0v) is 14.1. The van der Waals surface area contributed by atoms with Crippen molar-refractivity contribution in [2.75, 3.05) is 7.11 Å². The molecule has 0 aromatic heterocycles. The van der Waals surface area contributed by atoms with Crippen LogP contribution in [0.4, 0.5) is 0 Å². The molecule has 2 aromatic carbocycles. The maximum Gasteiger partial charge on any atom is 0.119 e. The summed E-state index contributed by atoms with van der Waals surface area (Å²) in [5.74, 6) is 0.855. The summed E-state index contributed by atoms with van der Waals surface area (Å²) < 4.78 is 5.24. The molecule has 0 aliphatic heterocycles. The first-order valence-electron chi connectivity index (χ1n) is 6.92. The highest BCUT2D eigenvalue weighted by molar-refractivity contribution is 7.99. The summed E-state index contributed by atoms with van der Waals surface area (Å²) in [4.78, 5) is 2.17. The summed E-state index contributed by atoms with van der Waals surface area (Å²) in [7, 11) is 1.67. The molecule has 0 atom stereocenters. The van der Waals surface area contributed by atoms with Crippen molar-refractivity contribution in [2.24, 2.45) is 0 Å². The maximum absolute atomic E-state index is 6.39. The van der Waals surface area contributed by atoms with Gasteiger partial charge in [-0.25, -0.2) is 0 Å².